The number of ether oxygens (including phenoxy) is 1. The van der Waals surface area contributed by atoms with Gasteiger partial charge in [0.2, 0.25) is 0 Å². The van der Waals surface area contributed by atoms with E-state index in [-0.39, 0.29) is 0 Å². The molecule has 2 nitrogen and oxygen atoms in total. The van der Waals surface area contributed by atoms with E-state index in [0.717, 1.165) is 0 Å². The predicted molar refractivity (Wildman–Crippen MR) is 73.4 cm³/mol. The Hall–Kier alpha value is -1.22. The van der Waals surface area contributed by atoms with Crippen LogP contribution >= 0.6 is 34.8 Å². The van der Waals surface area contributed by atoms with E-state index in [9.17, 15) is 4.79 Å². The maximum absolute atomic E-state index is 10.9. The lowest BCUT2D eigenvalue weighted by Crippen LogP contribution is -1.90. The summed E-state index contributed by atoms with van der Waals surface area (Å²) in [6.45, 7) is 0. The molecule has 0 aliphatic heterocycles. The van der Waals surface area contributed by atoms with Crippen LogP contribution in [0, 0.1) is 0 Å². The molecule has 5 heteroatoms. The molecule has 2 aromatic carbocycles. The van der Waals surface area contributed by atoms with Crippen molar-refractivity contribution in [2.75, 3.05) is 0 Å². The van der Waals surface area contributed by atoms with Crippen LogP contribution in [0.2, 0.25) is 15.1 Å². The SMILES string of the molecule is O=Cc1cc(Cl)ccc1Oc1ccc(Cl)c(Cl)c1. The molecule has 0 aromatic heterocycles. The van der Waals surface area contributed by atoms with Gasteiger partial charge in [-0.15, -0.1) is 0 Å². The van der Waals surface area contributed by atoms with Crippen LogP contribution in [-0.2, 0) is 0 Å². The standard InChI is InChI=1S/C13H7Cl3O2/c14-9-1-4-13(8(5-9)7-17)18-10-2-3-11(15)12(16)6-10/h1-7H. The first kappa shape index (κ1) is 13.2. The number of halogens is 3. The third-order valence-corrected chi connectivity index (χ3v) is 3.19. The highest BCUT2D eigenvalue weighted by molar-refractivity contribution is 6.42. The molecule has 0 bridgehead atoms. The van der Waals surface area contributed by atoms with E-state index in [1.54, 1.807) is 30.3 Å². The Morgan fingerprint density at radius 2 is 1.72 bits per heavy atom. The van der Waals surface area contributed by atoms with Crippen LogP contribution in [0.4, 0.5) is 0 Å². The third kappa shape index (κ3) is 2.96. The van der Waals surface area contributed by atoms with Gasteiger partial charge in [0.25, 0.3) is 0 Å². The number of hydrogen-bond donors (Lipinski definition) is 0. The van der Waals surface area contributed by atoms with Gasteiger partial charge in [-0.05, 0) is 30.3 Å². The van der Waals surface area contributed by atoms with Crippen LogP contribution in [0.25, 0.3) is 0 Å². The molecule has 92 valence electrons. The Bertz CT molecular complexity index is 597. The van der Waals surface area contributed by atoms with Gasteiger partial charge in [0.15, 0.2) is 6.29 Å². The van der Waals surface area contributed by atoms with Crippen molar-refractivity contribution in [2.45, 2.75) is 0 Å². The molecule has 0 unspecified atom stereocenters. The Labute approximate surface area is 119 Å². The van der Waals surface area contributed by atoms with Crippen molar-refractivity contribution in [2.24, 2.45) is 0 Å². The van der Waals surface area contributed by atoms with Crippen LogP contribution in [0.3, 0.4) is 0 Å². The van der Waals surface area contributed by atoms with Crippen molar-refractivity contribution in [1.82, 2.24) is 0 Å². The minimum Gasteiger partial charge on any atom is -0.457 e. The van der Waals surface area contributed by atoms with Crippen LogP contribution < -0.4 is 4.74 Å². The molecule has 0 spiro atoms. The fraction of sp³-hybridized carbons (Fsp3) is 0. The minimum atomic E-state index is 0.369. The lowest BCUT2D eigenvalue weighted by molar-refractivity contribution is 0.112. The van der Waals surface area contributed by atoms with Crippen molar-refractivity contribution in [3.05, 3.63) is 57.0 Å². The molecule has 0 aliphatic carbocycles. The van der Waals surface area contributed by atoms with Gasteiger partial charge in [0.05, 0.1) is 15.6 Å². The lowest BCUT2D eigenvalue weighted by Gasteiger charge is -2.08. The first-order chi connectivity index (χ1) is 8.60. The van der Waals surface area contributed by atoms with Crippen LogP contribution in [-0.4, -0.2) is 6.29 Å². The predicted octanol–water partition coefficient (Wildman–Crippen LogP) is 5.25. The average molecular weight is 302 g/mol. The molecule has 0 N–H and O–H groups in total. The van der Waals surface area contributed by atoms with Crippen LogP contribution in [0.5, 0.6) is 11.5 Å². The van der Waals surface area contributed by atoms with Crippen molar-refractivity contribution >= 4 is 41.1 Å². The van der Waals surface area contributed by atoms with Gasteiger partial charge < -0.3 is 4.74 Å². The summed E-state index contributed by atoms with van der Waals surface area (Å²) in [6, 6.07) is 9.65. The van der Waals surface area contributed by atoms with Gasteiger partial charge in [-0.3, -0.25) is 4.79 Å². The fourth-order valence-corrected chi connectivity index (χ4v) is 1.84. The summed E-state index contributed by atoms with van der Waals surface area (Å²) in [6.07, 6.45) is 0.679. The quantitative estimate of drug-likeness (QED) is 0.724. The van der Waals surface area contributed by atoms with E-state index in [0.29, 0.717) is 38.4 Å². The highest BCUT2D eigenvalue weighted by Gasteiger charge is 2.06. The number of carbonyl (C=O) groups excluding carboxylic acids is 1. The van der Waals surface area contributed by atoms with Gasteiger partial charge in [0.1, 0.15) is 11.5 Å². The molecular weight excluding hydrogens is 294 g/mol. The van der Waals surface area contributed by atoms with Crippen molar-refractivity contribution in [3.8, 4) is 11.5 Å². The van der Waals surface area contributed by atoms with Crippen LogP contribution in [0.1, 0.15) is 10.4 Å². The zero-order valence-electron chi connectivity index (χ0n) is 8.99. The molecule has 0 aliphatic rings. The Morgan fingerprint density at radius 1 is 0.944 bits per heavy atom. The highest BCUT2D eigenvalue weighted by atomic mass is 35.5. The molecule has 18 heavy (non-hydrogen) atoms. The van der Waals surface area contributed by atoms with E-state index in [1.807, 2.05) is 0 Å². The summed E-state index contributed by atoms with van der Waals surface area (Å²) in [5.74, 6) is 0.905. The molecule has 0 radical (unpaired) electrons. The summed E-state index contributed by atoms with van der Waals surface area (Å²) >= 11 is 17.5. The number of rotatable bonds is 3. The molecule has 2 aromatic rings. The molecule has 0 saturated heterocycles. The first-order valence-electron chi connectivity index (χ1n) is 4.98. The van der Waals surface area contributed by atoms with E-state index >= 15 is 0 Å². The van der Waals surface area contributed by atoms with E-state index in [1.165, 1.54) is 6.07 Å². The molecular formula is C13H7Cl3O2. The summed E-state index contributed by atoms with van der Waals surface area (Å²) in [7, 11) is 0. The number of carbonyl (C=O) groups is 1. The monoisotopic (exact) mass is 300 g/mol. The second kappa shape index (κ2) is 5.61. The van der Waals surface area contributed by atoms with Crippen molar-refractivity contribution in [3.63, 3.8) is 0 Å². The molecule has 0 fully saturated rings. The maximum Gasteiger partial charge on any atom is 0.153 e. The molecule has 2 rings (SSSR count). The Kier molecular flexibility index (Phi) is 4.12. The van der Waals surface area contributed by atoms with Crippen LogP contribution in [0.15, 0.2) is 36.4 Å². The zero-order chi connectivity index (χ0) is 13.1. The second-order valence-electron chi connectivity index (χ2n) is 3.48. The molecule has 0 amide bonds. The second-order valence-corrected chi connectivity index (χ2v) is 4.73. The molecule has 0 heterocycles. The summed E-state index contributed by atoms with van der Waals surface area (Å²) < 4.78 is 5.56. The average Bonchev–Trinajstić information content (AvgIpc) is 2.36. The number of benzene rings is 2. The molecule has 0 atom stereocenters. The van der Waals surface area contributed by atoms with E-state index in [2.05, 4.69) is 0 Å². The Morgan fingerprint density at radius 3 is 2.39 bits per heavy atom. The zero-order valence-corrected chi connectivity index (χ0v) is 11.3. The van der Waals surface area contributed by atoms with Gasteiger partial charge in [-0.25, -0.2) is 0 Å². The van der Waals surface area contributed by atoms with Gasteiger partial charge in [0, 0.05) is 11.1 Å². The summed E-state index contributed by atoms with van der Waals surface area (Å²) in [5, 5.41) is 1.30. The first-order valence-corrected chi connectivity index (χ1v) is 6.11. The van der Waals surface area contributed by atoms with Gasteiger partial charge in [-0.1, -0.05) is 34.8 Å². The summed E-state index contributed by atoms with van der Waals surface area (Å²) in [5.41, 5.74) is 0.369. The maximum atomic E-state index is 10.9. The van der Waals surface area contributed by atoms with E-state index < -0.39 is 0 Å². The largest absolute Gasteiger partial charge is 0.457 e. The summed E-state index contributed by atoms with van der Waals surface area (Å²) in [4.78, 5) is 10.9. The normalized spacial score (nSPS) is 10.2. The minimum absolute atomic E-state index is 0.369. The topological polar surface area (TPSA) is 26.3 Å². The number of aldehydes is 1. The highest BCUT2D eigenvalue weighted by Crippen LogP contribution is 2.31. The lowest BCUT2D eigenvalue weighted by atomic mass is 10.2. The van der Waals surface area contributed by atoms with Gasteiger partial charge in [-0.2, -0.15) is 0 Å². The smallest absolute Gasteiger partial charge is 0.153 e. The van der Waals surface area contributed by atoms with E-state index in [4.69, 9.17) is 39.5 Å². The van der Waals surface area contributed by atoms with Crippen molar-refractivity contribution in [1.29, 1.82) is 0 Å². The molecule has 0 saturated carbocycles. The Balaban J connectivity index is 2.33. The number of hydrogen-bond acceptors (Lipinski definition) is 2. The van der Waals surface area contributed by atoms with Crippen molar-refractivity contribution < 1.29 is 9.53 Å². The fourth-order valence-electron chi connectivity index (χ4n) is 1.37. The third-order valence-electron chi connectivity index (χ3n) is 2.22. The van der Waals surface area contributed by atoms with Gasteiger partial charge >= 0.3 is 0 Å².